The van der Waals surface area contributed by atoms with Crippen molar-refractivity contribution >= 4 is 17.4 Å². The van der Waals surface area contributed by atoms with Gasteiger partial charge in [0.05, 0.1) is 11.7 Å². The summed E-state index contributed by atoms with van der Waals surface area (Å²) >= 11 is 0. The van der Waals surface area contributed by atoms with Crippen LogP contribution in [0.25, 0.3) is 5.65 Å². The fourth-order valence-corrected chi connectivity index (χ4v) is 4.64. The molecule has 0 bridgehead atoms. The van der Waals surface area contributed by atoms with Crippen LogP contribution in [0.3, 0.4) is 0 Å². The molecule has 2 atom stereocenters. The van der Waals surface area contributed by atoms with Crippen molar-refractivity contribution in [3.63, 3.8) is 0 Å². The van der Waals surface area contributed by atoms with E-state index in [9.17, 15) is 4.79 Å². The lowest BCUT2D eigenvalue weighted by atomic mass is 9.97. The van der Waals surface area contributed by atoms with Crippen molar-refractivity contribution in [1.29, 1.82) is 0 Å². The third kappa shape index (κ3) is 3.43. The molecule has 8 nitrogen and oxygen atoms in total. The van der Waals surface area contributed by atoms with Crippen LogP contribution in [0.5, 0.6) is 0 Å². The SMILES string of the molecule is Cc1ccc(N2CCN3C(=O)[C@@H](CCCc4cccc5ncnn45)C[C@H]3C2)nn1. The molecule has 2 fully saturated rings. The van der Waals surface area contributed by atoms with Crippen molar-refractivity contribution in [2.75, 3.05) is 24.5 Å². The van der Waals surface area contributed by atoms with Gasteiger partial charge in [0, 0.05) is 31.2 Å². The largest absolute Gasteiger partial charge is 0.351 e. The minimum absolute atomic E-state index is 0.124. The first-order chi connectivity index (χ1) is 14.2. The number of anilines is 1. The first-order valence-corrected chi connectivity index (χ1v) is 10.3. The smallest absolute Gasteiger partial charge is 0.226 e. The van der Waals surface area contributed by atoms with Gasteiger partial charge in [-0.05, 0) is 56.9 Å². The quantitative estimate of drug-likeness (QED) is 0.661. The second kappa shape index (κ2) is 7.42. The van der Waals surface area contributed by atoms with E-state index in [1.807, 2.05) is 35.7 Å². The van der Waals surface area contributed by atoms with Crippen LogP contribution in [0.15, 0.2) is 36.7 Å². The van der Waals surface area contributed by atoms with E-state index in [2.05, 4.69) is 36.1 Å². The molecule has 0 aliphatic carbocycles. The third-order valence-electron chi connectivity index (χ3n) is 6.15. The molecule has 2 aliphatic heterocycles. The molecule has 5 rings (SSSR count). The van der Waals surface area contributed by atoms with E-state index in [-0.39, 0.29) is 12.0 Å². The van der Waals surface area contributed by atoms with Crippen LogP contribution in [0.1, 0.15) is 30.7 Å². The number of pyridine rings is 1. The predicted molar refractivity (Wildman–Crippen MR) is 109 cm³/mol. The number of carbonyl (C=O) groups is 1. The van der Waals surface area contributed by atoms with Crippen LogP contribution >= 0.6 is 0 Å². The third-order valence-corrected chi connectivity index (χ3v) is 6.15. The van der Waals surface area contributed by atoms with Gasteiger partial charge in [0.2, 0.25) is 5.91 Å². The summed E-state index contributed by atoms with van der Waals surface area (Å²) in [7, 11) is 0. The molecule has 0 aromatic carbocycles. The molecule has 3 aromatic rings. The molecular formula is C21H25N7O. The molecule has 1 amide bonds. The number of amides is 1. The van der Waals surface area contributed by atoms with Crippen molar-refractivity contribution in [2.24, 2.45) is 5.92 Å². The maximum Gasteiger partial charge on any atom is 0.226 e. The lowest BCUT2D eigenvalue weighted by molar-refractivity contribution is -0.132. The van der Waals surface area contributed by atoms with E-state index in [1.165, 1.54) is 0 Å². The van der Waals surface area contributed by atoms with Gasteiger partial charge in [-0.3, -0.25) is 4.79 Å². The average molecular weight is 391 g/mol. The molecule has 0 spiro atoms. The number of hydrogen-bond donors (Lipinski definition) is 0. The normalized spacial score (nSPS) is 21.8. The van der Waals surface area contributed by atoms with Gasteiger partial charge in [0.25, 0.3) is 0 Å². The zero-order chi connectivity index (χ0) is 19.8. The number of rotatable bonds is 5. The lowest BCUT2D eigenvalue weighted by Gasteiger charge is -2.37. The Morgan fingerprint density at radius 3 is 2.93 bits per heavy atom. The highest BCUT2D eigenvalue weighted by atomic mass is 16.2. The molecular weight excluding hydrogens is 366 g/mol. The highest BCUT2D eigenvalue weighted by Gasteiger charge is 2.42. The van der Waals surface area contributed by atoms with Gasteiger partial charge in [-0.15, -0.1) is 5.10 Å². The van der Waals surface area contributed by atoms with Crippen molar-refractivity contribution in [3.05, 3.63) is 48.0 Å². The molecule has 5 heterocycles. The Morgan fingerprint density at radius 1 is 1.14 bits per heavy atom. The minimum Gasteiger partial charge on any atom is -0.351 e. The topological polar surface area (TPSA) is 79.5 Å². The molecule has 2 aliphatic rings. The molecule has 0 unspecified atom stereocenters. The van der Waals surface area contributed by atoms with Crippen molar-refractivity contribution in [2.45, 2.75) is 38.6 Å². The van der Waals surface area contributed by atoms with Gasteiger partial charge in [-0.2, -0.15) is 10.2 Å². The number of fused-ring (bicyclic) bond motifs is 2. The average Bonchev–Trinajstić information content (AvgIpc) is 3.34. The summed E-state index contributed by atoms with van der Waals surface area (Å²) in [4.78, 5) is 21.5. The zero-order valence-electron chi connectivity index (χ0n) is 16.6. The van der Waals surface area contributed by atoms with E-state index in [0.29, 0.717) is 5.91 Å². The zero-order valence-corrected chi connectivity index (χ0v) is 16.6. The molecule has 8 heteroatoms. The minimum atomic E-state index is 0.124. The Balaban J connectivity index is 1.19. The fourth-order valence-electron chi connectivity index (χ4n) is 4.64. The number of piperazine rings is 1. The predicted octanol–water partition coefficient (Wildman–Crippen LogP) is 1.89. The number of nitrogens with zero attached hydrogens (tertiary/aromatic N) is 7. The maximum atomic E-state index is 12.9. The van der Waals surface area contributed by atoms with Gasteiger partial charge >= 0.3 is 0 Å². The summed E-state index contributed by atoms with van der Waals surface area (Å²) in [6.07, 6.45) is 5.31. The van der Waals surface area contributed by atoms with Crippen molar-refractivity contribution in [1.82, 2.24) is 29.7 Å². The lowest BCUT2D eigenvalue weighted by Crippen LogP contribution is -2.51. The van der Waals surface area contributed by atoms with Gasteiger partial charge in [-0.1, -0.05) is 6.07 Å². The van der Waals surface area contributed by atoms with Crippen LogP contribution < -0.4 is 4.90 Å². The summed E-state index contributed by atoms with van der Waals surface area (Å²) in [6, 6.07) is 10.4. The van der Waals surface area contributed by atoms with E-state index >= 15 is 0 Å². The highest BCUT2D eigenvalue weighted by Crippen LogP contribution is 2.32. The summed E-state index contributed by atoms with van der Waals surface area (Å²) < 4.78 is 1.89. The van der Waals surface area contributed by atoms with Crippen LogP contribution in [0.2, 0.25) is 0 Å². The Kier molecular flexibility index (Phi) is 4.61. The summed E-state index contributed by atoms with van der Waals surface area (Å²) in [6.45, 7) is 4.38. The van der Waals surface area contributed by atoms with E-state index in [0.717, 1.165) is 68.2 Å². The monoisotopic (exact) mass is 391 g/mol. The summed E-state index contributed by atoms with van der Waals surface area (Å²) in [5.74, 6) is 1.36. The summed E-state index contributed by atoms with van der Waals surface area (Å²) in [5.41, 5.74) is 2.94. The van der Waals surface area contributed by atoms with Gasteiger partial charge < -0.3 is 9.80 Å². The van der Waals surface area contributed by atoms with Crippen molar-refractivity contribution in [3.8, 4) is 0 Å². The number of hydrogen-bond acceptors (Lipinski definition) is 6. The molecule has 29 heavy (non-hydrogen) atoms. The standard InChI is InChI=1S/C21H25N7O/c1-15-8-9-20(25-24-15)26-10-11-27-18(13-26)12-16(21(27)29)4-2-5-17-6-3-7-19-22-14-23-28(17)19/h3,6-9,14,16,18H,2,4-5,10-13H2,1H3/t16-,18-/m0/s1. The Bertz CT molecular complexity index is 1020. The maximum absolute atomic E-state index is 12.9. The Hall–Kier alpha value is -3.03. The highest BCUT2D eigenvalue weighted by molar-refractivity contribution is 5.82. The molecule has 0 N–H and O–H groups in total. The molecule has 0 saturated carbocycles. The number of aryl methyl sites for hydroxylation is 2. The first-order valence-electron chi connectivity index (χ1n) is 10.3. The van der Waals surface area contributed by atoms with Crippen LogP contribution in [-0.2, 0) is 11.2 Å². The Labute approximate surface area is 169 Å². The number of aromatic nitrogens is 5. The number of carbonyl (C=O) groups excluding carboxylic acids is 1. The van der Waals surface area contributed by atoms with E-state index in [4.69, 9.17) is 0 Å². The van der Waals surface area contributed by atoms with E-state index < -0.39 is 0 Å². The first kappa shape index (κ1) is 18.0. The van der Waals surface area contributed by atoms with Crippen LogP contribution in [0, 0.1) is 12.8 Å². The summed E-state index contributed by atoms with van der Waals surface area (Å²) in [5, 5.41) is 12.8. The van der Waals surface area contributed by atoms with Crippen LogP contribution in [0.4, 0.5) is 5.82 Å². The van der Waals surface area contributed by atoms with Crippen LogP contribution in [-0.4, -0.2) is 61.3 Å². The van der Waals surface area contributed by atoms with Gasteiger partial charge in [0.15, 0.2) is 11.5 Å². The van der Waals surface area contributed by atoms with E-state index in [1.54, 1.807) is 6.33 Å². The molecule has 2 saturated heterocycles. The Morgan fingerprint density at radius 2 is 2.07 bits per heavy atom. The van der Waals surface area contributed by atoms with Gasteiger partial charge in [0.1, 0.15) is 6.33 Å². The van der Waals surface area contributed by atoms with Gasteiger partial charge in [-0.25, -0.2) is 9.50 Å². The fraction of sp³-hybridized carbons (Fsp3) is 0.476. The molecule has 150 valence electrons. The second-order valence-electron chi connectivity index (χ2n) is 8.04. The second-order valence-corrected chi connectivity index (χ2v) is 8.04. The molecule has 3 aromatic heterocycles. The molecule has 0 radical (unpaired) electrons. The van der Waals surface area contributed by atoms with Crippen molar-refractivity contribution < 1.29 is 4.79 Å².